The minimum Gasteiger partial charge on any atom is -0.478 e. The number of likely N-dealkylation sites (tertiary alicyclic amines) is 1. The summed E-state index contributed by atoms with van der Waals surface area (Å²) in [7, 11) is 4.28. The molecule has 0 bridgehead atoms. The molecule has 1 aliphatic heterocycles. The maximum Gasteiger partial charge on any atom is 0.335 e. The summed E-state index contributed by atoms with van der Waals surface area (Å²) in [6.07, 6.45) is 1.99. The van der Waals surface area contributed by atoms with Gasteiger partial charge in [-0.3, -0.25) is 0 Å². The van der Waals surface area contributed by atoms with Crippen molar-refractivity contribution in [2.75, 3.05) is 33.7 Å². The minimum absolute atomic E-state index is 0.430. The molecule has 104 valence electrons. The van der Waals surface area contributed by atoms with E-state index < -0.39 is 5.97 Å². The Hall–Kier alpha value is -1.39. The van der Waals surface area contributed by atoms with Crippen molar-refractivity contribution in [3.63, 3.8) is 0 Å². The summed E-state index contributed by atoms with van der Waals surface area (Å²) in [5, 5.41) is 9.16. The lowest BCUT2D eigenvalue weighted by Crippen LogP contribution is -2.35. The van der Waals surface area contributed by atoms with Gasteiger partial charge < -0.3 is 14.9 Å². The second kappa shape index (κ2) is 6.17. The standard InChI is InChI=1S/C15H22N2O2/c1-16-9-8-13(11-16)17(2)10-7-12-5-3-4-6-14(12)15(18)19/h3-6,13H,7-11H2,1-2H3,(H,18,19). The van der Waals surface area contributed by atoms with Crippen LogP contribution in [0.4, 0.5) is 0 Å². The summed E-state index contributed by atoms with van der Waals surface area (Å²) < 4.78 is 0. The number of aromatic carboxylic acids is 1. The number of rotatable bonds is 5. The van der Waals surface area contributed by atoms with Gasteiger partial charge in [-0.15, -0.1) is 0 Å². The first-order valence-electron chi connectivity index (χ1n) is 6.78. The van der Waals surface area contributed by atoms with Crippen LogP contribution in [-0.2, 0) is 6.42 Å². The van der Waals surface area contributed by atoms with Crippen molar-refractivity contribution in [3.8, 4) is 0 Å². The molecule has 1 aliphatic rings. The Morgan fingerprint density at radius 2 is 2.21 bits per heavy atom. The van der Waals surface area contributed by atoms with Gasteiger partial charge in [-0.25, -0.2) is 4.79 Å². The zero-order chi connectivity index (χ0) is 13.8. The third-order valence-corrected chi connectivity index (χ3v) is 3.97. The molecular formula is C15H22N2O2. The predicted molar refractivity (Wildman–Crippen MR) is 75.6 cm³/mol. The van der Waals surface area contributed by atoms with E-state index in [-0.39, 0.29) is 0 Å². The fraction of sp³-hybridized carbons (Fsp3) is 0.533. The Bertz CT molecular complexity index is 448. The number of carboxylic acid groups (broad SMARTS) is 1. The van der Waals surface area contributed by atoms with Crippen LogP contribution in [0.3, 0.4) is 0 Å². The fourth-order valence-corrected chi connectivity index (χ4v) is 2.70. The number of carboxylic acids is 1. The highest BCUT2D eigenvalue weighted by atomic mass is 16.4. The lowest BCUT2D eigenvalue weighted by Gasteiger charge is -2.24. The molecule has 4 nitrogen and oxygen atoms in total. The van der Waals surface area contributed by atoms with Crippen LogP contribution in [0.25, 0.3) is 0 Å². The summed E-state index contributed by atoms with van der Waals surface area (Å²) in [4.78, 5) is 15.8. The molecule has 0 saturated carbocycles. The molecule has 1 saturated heterocycles. The molecule has 0 aromatic heterocycles. The van der Waals surface area contributed by atoms with E-state index in [0.717, 1.165) is 31.6 Å². The number of likely N-dealkylation sites (N-methyl/N-ethyl adjacent to an activating group) is 2. The molecule has 1 N–H and O–H groups in total. The molecule has 1 aromatic carbocycles. The Morgan fingerprint density at radius 1 is 1.47 bits per heavy atom. The van der Waals surface area contributed by atoms with Crippen LogP contribution in [-0.4, -0.2) is 60.6 Å². The SMILES string of the molecule is CN1CCC(N(C)CCc2ccccc2C(=O)O)C1. The van der Waals surface area contributed by atoms with Crippen LogP contribution in [0.2, 0.25) is 0 Å². The van der Waals surface area contributed by atoms with E-state index in [4.69, 9.17) is 5.11 Å². The predicted octanol–water partition coefficient (Wildman–Crippen LogP) is 1.56. The van der Waals surface area contributed by atoms with E-state index in [2.05, 4.69) is 23.9 Å². The quantitative estimate of drug-likeness (QED) is 0.874. The monoisotopic (exact) mass is 262 g/mol. The van der Waals surface area contributed by atoms with Crippen LogP contribution in [0.5, 0.6) is 0 Å². The molecule has 0 spiro atoms. The van der Waals surface area contributed by atoms with Crippen LogP contribution in [0, 0.1) is 0 Å². The molecule has 2 rings (SSSR count). The molecule has 0 amide bonds. The zero-order valence-electron chi connectivity index (χ0n) is 11.7. The second-order valence-electron chi connectivity index (χ2n) is 5.40. The fourth-order valence-electron chi connectivity index (χ4n) is 2.70. The normalized spacial score (nSPS) is 20.1. The Balaban J connectivity index is 1.93. The van der Waals surface area contributed by atoms with E-state index in [0.29, 0.717) is 11.6 Å². The van der Waals surface area contributed by atoms with Crippen molar-refractivity contribution in [2.24, 2.45) is 0 Å². The van der Waals surface area contributed by atoms with Gasteiger partial charge in [-0.2, -0.15) is 0 Å². The van der Waals surface area contributed by atoms with Gasteiger partial charge in [0.25, 0.3) is 0 Å². The van der Waals surface area contributed by atoms with Crippen molar-refractivity contribution in [2.45, 2.75) is 18.9 Å². The number of nitrogens with zero attached hydrogens (tertiary/aromatic N) is 2. The van der Waals surface area contributed by atoms with Crippen molar-refractivity contribution in [3.05, 3.63) is 35.4 Å². The zero-order valence-corrected chi connectivity index (χ0v) is 11.7. The average molecular weight is 262 g/mol. The van der Waals surface area contributed by atoms with Gasteiger partial charge >= 0.3 is 5.97 Å². The summed E-state index contributed by atoms with van der Waals surface area (Å²) >= 11 is 0. The van der Waals surface area contributed by atoms with E-state index >= 15 is 0 Å². The molecular weight excluding hydrogens is 240 g/mol. The van der Waals surface area contributed by atoms with Crippen molar-refractivity contribution in [1.29, 1.82) is 0 Å². The van der Waals surface area contributed by atoms with Gasteiger partial charge in [0.15, 0.2) is 0 Å². The molecule has 19 heavy (non-hydrogen) atoms. The second-order valence-corrected chi connectivity index (χ2v) is 5.40. The summed E-state index contributed by atoms with van der Waals surface area (Å²) in [6, 6.07) is 7.88. The Labute approximate surface area is 114 Å². The number of hydrogen-bond donors (Lipinski definition) is 1. The van der Waals surface area contributed by atoms with Gasteiger partial charge in [0, 0.05) is 19.1 Å². The highest BCUT2D eigenvalue weighted by Gasteiger charge is 2.23. The van der Waals surface area contributed by atoms with Crippen LogP contribution < -0.4 is 0 Å². The topological polar surface area (TPSA) is 43.8 Å². The summed E-state index contributed by atoms with van der Waals surface area (Å²) in [5.41, 5.74) is 1.35. The molecule has 0 aliphatic carbocycles. The maximum absolute atomic E-state index is 11.1. The molecule has 1 aromatic rings. The maximum atomic E-state index is 11.1. The van der Waals surface area contributed by atoms with E-state index in [1.54, 1.807) is 12.1 Å². The third-order valence-electron chi connectivity index (χ3n) is 3.97. The van der Waals surface area contributed by atoms with Gasteiger partial charge in [-0.05, 0) is 45.1 Å². The van der Waals surface area contributed by atoms with Crippen LogP contribution >= 0.6 is 0 Å². The molecule has 1 heterocycles. The van der Waals surface area contributed by atoms with E-state index in [9.17, 15) is 4.79 Å². The average Bonchev–Trinajstić information content (AvgIpc) is 2.83. The Kier molecular flexibility index (Phi) is 4.56. The first-order valence-corrected chi connectivity index (χ1v) is 6.78. The smallest absolute Gasteiger partial charge is 0.335 e. The van der Waals surface area contributed by atoms with Crippen molar-refractivity contribution in [1.82, 2.24) is 9.80 Å². The molecule has 4 heteroatoms. The summed E-state index contributed by atoms with van der Waals surface area (Å²) in [6.45, 7) is 3.17. The highest BCUT2D eigenvalue weighted by Crippen LogP contribution is 2.15. The van der Waals surface area contributed by atoms with Crippen molar-refractivity contribution < 1.29 is 9.90 Å². The largest absolute Gasteiger partial charge is 0.478 e. The van der Waals surface area contributed by atoms with E-state index in [1.807, 2.05) is 12.1 Å². The molecule has 1 fully saturated rings. The van der Waals surface area contributed by atoms with Gasteiger partial charge in [0.05, 0.1) is 5.56 Å². The number of carbonyl (C=O) groups is 1. The summed E-state index contributed by atoms with van der Waals surface area (Å²) in [5.74, 6) is -0.834. The molecule has 1 atom stereocenters. The Morgan fingerprint density at radius 3 is 2.84 bits per heavy atom. The molecule has 1 unspecified atom stereocenters. The van der Waals surface area contributed by atoms with Gasteiger partial charge in [0.1, 0.15) is 0 Å². The number of benzene rings is 1. The highest BCUT2D eigenvalue weighted by molar-refractivity contribution is 5.89. The lowest BCUT2D eigenvalue weighted by atomic mass is 10.0. The van der Waals surface area contributed by atoms with E-state index in [1.165, 1.54) is 6.42 Å². The van der Waals surface area contributed by atoms with Gasteiger partial charge in [0.2, 0.25) is 0 Å². The van der Waals surface area contributed by atoms with Crippen LogP contribution in [0.15, 0.2) is 24.3 Å². The van der Waals surface area contributed by atoms with Crippen molar-refractivity contribution >= 4 is 5.97 Å². The molecule has 0 radical (unpaired) electrons. The first kappa shape index (κ1) is 14.0. The lowest BCUT2D eigenvalue weighted by molar-refractivity contribution is 0.0695. The minimum atomic E-state index is -0.834. The third kappa shape index (κ3) is 3.55. The number of hydrogen-bond acceptors (Lipinski definition) is 3. The first-order chi connectivity index (χ1) is 9.08. The van der Waals surface area contributed by atoms with Gasteiger partial charge in [-0.1, -0.05) is 18.2 Å². The van der Waals surface area contributed by atoms with Crippen LogP contribution in [0.1, 0.15) is 22.3 Å².